The van der Waals surface area contributed by atoms with Crippen LogP contribution >= 0.6 is 0 Å². The van der Waals surface area contributed by atoms with Crippen LogP contribution in [0.3, 0.4) is 0 Å². The quantitative estimate of drug-likeness (QED) is 0.441. The van der Waals surface area contributed by atoms with Crippen molar-refractivity contribution in [2.75, 3.05) is 6.54 Å². The van der Waals surface area contributed by atoms with Gasteiger partial charge in [-0.05, 0) is 59.7 Å². The van der Waals surface area contributed by atoms with E-state index < -0.39 is 14.2 Å². The maximum Gasteiger partial charge on any atom is 0.491 e. The van der Waals surface area contributed by atoms with Crippen molar-refractivity contribution >= 4 is 37.0 Å². The van der Waals surface area contributed by atoms with Crippen LogP contribution < -0.4 is 16.2 Å². The van der Waals surface area contributed by atoms with Gasteiger partial charge in [-0.25, -0.2) is 0 Å². The molecule has 3 aliphatic heterocycles. The van der Waals surface area contributed by atoms with E-state index in [1.807, 2.05) is 25.1 Å². The second-order valence-corrected chi connectivity index (χ2v) is 8.61. The normalized spacial score (nSPS) is 21.6. The van der Waals surface area contributed by atoms with Crippen LogP contribution in [0.25, 0.3) is 0 Å². The number of hydrogen-bond donors (Lipinski definition) is 3. The predicted molar refractivity (Wildman–Crippen MR) is 123 cm³/mol. The first-order valence-corrected chi connectivity index (χ1v) is 11.0. The Balaban J connectivity index is 1.31. The summed E-state index contributed by atoms with van der Waals surface area (Å²) in [6.07, 6.45) is 4.45. The molecule has 8 nitrogen and oxygen atoms in total. The summed E-state index contributed by atoms with van der Waals surface area (Å²) in [5, 5.41) is 22.9. The minimum absolute atomic E-state index is 0.155. The fraction of sp³-hybridized carbons (Fsp3) is 0.304. The van der Waals surface area contributed by atoms with E-state index >= 15 is 0 Å². The molecule has 168 valence electrons. The van der Waals surface area contributed by atoms with Crippen LogP contribution in [-0.2, 0) is 22.5 Å². The molecule has 1 saturated heterocycles. The minimum Gasteiger partial charge on any atom is -0.423 e. The molecule has 0 aliphatic carbocycles. The van der Waals surface area contributed by atoms with E-state index in [1.54, 1.807) is 35.2 Å². The molecule has 2 unspecified atom stereocenters. The molecular weight excluding hydrogens is 422 g/mol. The molecule has 2 atom stereocenters. The summed E-state index contributed by atoms with van der Waals surface area (Å²) < 4.78 is 10.4. The van der Waals surface area contributed by atoms with Gasteiger partial charge < -0.3 is 29.6 Å². The van der Waals surface area contributed by atoms with Crippen molar-refractivity contribution in [2.24, 2.45) is 0 Å². The molecule has 0 spiro atoms. The van der Waals surface area contributed by atoms with Crippen LogP contribution in [0.2, 0.25) is 0 Å². The highest BCUT2D eigenvalue weighted by Crippen LogP contribution is 2.23. The van der Waals surface area contributed by atoms with E-state index in [-0.39, 0.29) is 23.9 Å². The van der Waals surface area contributed by atoms with Gasteiger partial charge in [0.2, 0.25) is 0 Å². The number of amides is 2. The van der Waals surface area contributed by atoms with E-state index in [9.17, 15) is 19.6 Å². The molecule has 2 aromatic rings. The molecule has 33 heavy (non-hydrogen) atoms. The van der Waals surface area contributed by atoms with Crippen molar-refractivity contribution in [3.63, 3.8) is 0 Å². The van der Waals surface area contributed by atoms with Crippen molar-refractivity contribution in [1.82, 2.24) is 10.2 Å². The first-order valence-electron chi connectivity index (χ1n) is 11.0. The Kier molecular flexibility index (Phi) is 5.84. The van der Waals surface area contributed by atoms with E-state index in [4.69, 9.17) is 9.31 Å². The number of rotatable bonds is 4. The zero-order valence-corrected chi connectivity index (χ0v) is 18.2. The Morgan fingerprint density at radius 2 is 1.64 bits per heavy atom. The summed E-state index contributed by atoms with van der Waals surface area (Å²) in [5.41, 5.74) is 3.90. The number of carbonyl (C=O) groups excluding carboxylic acids is 2. The van der Waals surface area contributed by atoms with Crippen LogP contribution in [0.1, 0.15) is 45.2 Å². The van der Waals surface area contributed by atoms with Crippen molar-refractivity contribution < 1.29 is 28.9 Å². The molecule has 2 aromatic carbocycles. The van der Waals surface area contributed by atoms with E-state index in [2.05, 4.69) is 5.32 Å². The molecule has 0 aromatic heterocycles. The Bertz CT molecular complexity index is 1140. The van der Waals surface area contributed by atoms with Crippen molar-refractivity contribution in [3.8, 4) is 0 Å². The molecule has 5 rings (SSSR count). The number of hydrogen-bond acceptors (Lipinski definition) is 6. The SMILES string of the molecule is CC=CC1CC(NC(=O)c2ccc3c(c2)B(O)OC3)CN1C(=O)c1ccc2c(c1)B(O)OC2. The van der Waals surface area contributed by atoms with E-state index in [0.29, 0.717) is 48.2 Å². The smallest absolute Gasteiger partial charge is 0.423 e. The van der Waals surface area contributed by atoms with E-state index in [0.717, 1.165) is 11.1 Å². The zero-order valence-electron chi connectivity index (χ0n) is 18.2. The Morgan fingerprint density at radius 3 is 2.27 bits per heavy atom. The third-order valence-corrected chi connectivity index (χ3v) is 6.48. The lowest BCUT2D eigenvalue weighted by atomic mass is 9.78. The van der Waals surface area contributed by atoms with Crippen LogP contribution in [0.5, 0.6) is 0 Å². The summed E-state index contributed by atoms with van der Waals surface area (Å²) in [6, 6.07) is 10.0. The van der Waals surface area contributed by atoms with Gasteiger partial charge in [0, 0.05) is 23.7 Å². The standard InChI is InChI=1S/C23H24B2N2O6/c1-2-3-19-10-18(26-22(28)14-4-6-16-12-32-24(30)20(16)8-14)11-27(19)23(29)15-5-7-17-13-33-25(31)21(17)9-15/h2-9,18-19,30-31H,10-13H2,1H3,(H,26,28). The molecule has 3 N–H and O–H groups in total. The van der Waals surface area contributed by atoms with Gasteiger partial charge in [0.25, 0.3) is 11.8 Å². The largest absolute Gasteiger partial charge is 0.491 e. The number of benzene rings is 2. The first kappa shape index (κ1) is 21.9. The number of fused-ring (bicyclic) bond motifs is 2. The Hall–Kier alpha value is -2.91. The summed E-state index contributed by atoms with van der Waals surface area (Å²) in [5.74, 6) is -0.414. The Morgan fingerprint density at radius 1 is 1.03 bits per heavy atom. The molecule has 2 amide bonds. The van der Waals surface area contributed by atoms with Crippen LogP contribution in [0.4, 0.5) is 0 Å². The van der Waals surface area contributed by atoms with Gasteiger partial charge in [0.1, 0.15) is 0 Å². The van der Waals surface area contributed by atoms with Gasteiger partial charge in [-0.3, -0.25) is 9.59 Å². The molecule has 3 aliphatic rings. The van der Waals surface area contributed by atoms with Crippen LogP contribution in [0, 0.1) is 0 Å². The summed E-state index contributed by atoms with van der Waals surface area (Å²) >= 11 is 0. The van der Waals surface area contributed by atoms with Crippen LogP contribution in [0.15, 0.2) is 48.6 Å². The van der Waals surface area contributed by atoms with Gasteiger partial charge in [-0.2, -0.15) is 0 Å². The van der Waals surface area contributed by atoms with Crippen LogP contribution in [-0.4, -0.2) is 59.6 Å². The fourth-order valence-electron chi connectivity index (χ4n) is 4.75. The second-order valence-electron chi connectivity index (χ2n) is 8.61. The number of nitrogens with one attached hydrogen (secondary N) is 1. The Labute approximate surface area is 192 Å². The van der Waals surface area contributed by atoms with Gasteiger partial charge in [-0.15, -0.1) is 0 Å². The second kappa shape index (κ2) is 8.79. The maximum absolute atomic E-state index is 13.3. The highest BCUT2D eigenvalue weighted by molar-refractivity contribution is 6.62. The van der Waals surface area contributed by atoms with E-state index in [1.165, 1.54) is 0 Å². The lowest BCUT2D eigenvalue weighted by Gasteiger charge is -2.22. The van der Waals surface area contributed by atoms with Crippen molar-refractivity contribution in [1.29, 1.82) is 0 Å². The number of carbonyl (C=O) groups is 2. The monoisotopic (exact) mass is 446 g/mol. The molecule has 0 saturated carbocycles. The van der Waals surface area contributed by atoms with Crippen molar-refractivity contribution in [2.45, 2.75) is 38.6 Å². The molecule has 3 heterocycles. The highest BCUT2D eigenvalue weighted by atomic mass is 16.5. The fourth-order valence-corrected chi connectivity index (χ4v) is 4.75. The molecule has 1 fully saturated rings. The lowest BCUT2D eigenvalue weighted by molar-refractivity contribution is 0.0754. The summed E-state index contributed by atoms with van der Waals surface area (Å²) in [4.78, 5) is 28.0. The van der Waals surface area contributed by atoms with Crippen molar-refractivity contribution in [3.05, 3.63) is 70.8 Å². The third-order valence-electron chi connectivity index (χ3n) is 6.48. The number of allylic oxidation sites excluding steroid dienone is 1. The number of likely N-dealkylation sites (tertiary alicyclic amines) is 1. The lowest BCUT2D eigenvalue weighted by Crippen LogP contribution is -2.40. The highest BCUT2D eigenvalue weighted by Gasteiger charge is 2.36. The molecule has 0 bridgehead atoms. The zero-order chi connectivity index (χ0) is 23.1. The van der Waals surface area contributed by atoms with Gasteiger partial charge in [0.05, 0.1) is 19.3 Å². The average molecular weight is 446 g/mol. The first-order chi connectivity index (χ1) is 15.9. The maximum atomic E-state index is 13.3. The average Bonchev–Trinajstić information content (AvgIpc) is 3.50. The summed E-state index contributed by atoms with van der Waals surface area (Å²) in [7, 11) is -2.02. The molecular formula is C23H24B2N2O6. The minimum atomic E-state index is -1.01. The van der Waals surface area contributed by atoms with Gasteiger partial charge in [0.15, 0.2) is 0 Å². The predicted octanol–water partition coefficient (Wildman–Crippen LogP) is -0.289. The summed E-state index contributed by atoms with van der Waals surface area (Å²) in [6.45, 7) is 2.92. The topological polar surface area (TPSA) is 108 Å². The molecule has 0 radical (unpaired) electrons. The third kappa shape index (κ3) is 4.11. The number of nitrogens with zero attached hydrogens (tertiary/aromatic N) is 1. The van der Waals surface area contributed by atoms with Gasteiger partial charge >= 0.3 is 14.2 Å². The van der Waals surface area contributed by atoms with Gasteiger partial charge in [-0.1, -0.05) is 24.3 Å². The molecule has 10 heteroatoms.